The molecule has 0 atom stereocenters. The van der Waals surface area contributed by atoms with Gasteiger partial charge in [-0.15, -0.1) is 23.1 Å². The van der Waals surface area contributed by atoms with Crippen molar-refractivity contribution in [3.05, 3.63) is 77.3 Å². The summed E-state index contributed by atoms with van der Waals surface area (Å²) in [6.45, 7) is 0. The average Bonchev–Trinajstić information content (AvgIpc) is 3.46. The lowest BCUT2D eigenvalue weighted by Crippen LogP contribution is -2.18. The molecule has 0 aliphatic heterocycles. The van der Waals surface area contributed by atoms with Crippen molar-refractivity contribution in [3.8, 4) is 0 Å². The normalized spacial score (nSPS) is 13.8. The van der Waals surface area contributed by atoms with Gasteiger partial charge in [-0.05, 0) is 73.0 Å². The first-order valence-electron chi connectivity index (χ1n) is 10.5. The van der Waals surface area contributed by atoms with Gasteiger partial charge in [0.05, 0.1) is 11.3 Å². The molecule has 1 N–H and O–H groups in total. The second kappa shape index (κ2) is 8.77. The molecule has 0 amide bonds. The molecule has 2 aromatic carbocycles. The minimum atomic E-state index is -3.56. The fraction of sp³-hybridized carbons (Fsp3) is 0.208. The zero-order valence-electron chi connectivity index (χ0n) is 17.3. The second-order valence-electron chi connectivity index (χ2n) is 7.73. The molecule has 5 nitrogen and oxygen atoms in total. The highest BCUT2D eigenvalue weighted by molar-refractivity contribution is 8.00. The van der Waals surface area contributed by atoms with Gasteiger partial charge in [0, 0.05) is 21.7 Å². The molecule has 2 heterocycles. The van der Waals surface area contributed by atoms with E-state index in [0.717, 1.165) is 29.7 Å². The van der Waals surface area contributed by atoms with E-state index in [0.29, 0.717) is 11.4 Å². The molecule has 4 aromatic rings. The molecule has 0 unspecified atom stereocenters. The summed E-state index contributed by atoms with van der Waals surface area (Å²) >= 11 is 2.64. The summed E-state index contributed by atoms with van der Waals surface area (Å²) in [5, 5.41) is 2.93. The maximum atomic E-state index is 13.2. The number of aromatic nitrogens is 1. The van der Waals surface area contributed by atoms with Crippen molar-refractivity contribution in [1.82, 2.24) is 4.57 Å². The van der Waals surface area contributed by atoms with Crippen molar-refractivity contribution in [2.75, 3.05) is 10.5 Å². The number of aryl methyl sites for hydroxylation is 1. The SMILES string of the molecule is O=C(CSc1ccc(NS(=O)(=O)c2cccs2)cc1)n1c2c(c3ccccc31)CCCC2. The van der Waals surface area contributed by atoms with E-state index >= 15 is 0 Å². The maximum Gasteiger partial charge on any atom is 0.271 e. The highest BCUT2D eigenvalue weighted by Crippen LogP contribution is 2.33. The van der Waals surface area contributed by atoms with Crippen molar-refractivity contribution in [3.63, 3.8) is 0 Å². The van der Waals surface area contributed by atoms with Crippen LogP contribution in [-0.2, 0) is 22.9 Å². The molecule has 164 valence electrons. The highest BCUT2D eigenvalue weighted by Gasteiger charge is 2.23. The van der Waals surface area contributed by atoms with Gasteiger partial charge < -0.3 is 0 Å². The summed E-state index contributed by atoms with van der Waals surface area (Å²) < 4.78 is 29.5. The van der Waals surface area contributed by atoms with Crippen LogP contribution in [0, 0.1) is 0 Å². The summed E-state index contributed by atoms with van der Waals surface area (Å²) in [7, 11) is -3.56. The Morgan fingerprint density at radius 1 is 1.00 bits per heavy atom. The summed E-state index contributed by atoms with van der Waals surface area (Å²) in [4.78, 5) is 14.1. The van der Waals surface area contributed by atoms with Crippen LogP contribution in [0.1, 0.15) is 28.9 Å². The van der Waals surface area contributed by atoms with Gasteiger partial charge in [-0.25, -0.2) is 8.42 Å². The van der Waals surface area contributed by atoms with E-state index in [-0.39, 0.29) is 10.1 Å². The largest absolute Gasteiger partial charge is 0.283 e. The topological polar surface area (TPSA) is 68.2 Å². The number of carbonyl (C=O) groups is 1. The molecular formula is C24H22N2O3S3. The van der Waals surface area contributed by atoms with Crippen molar-refractivity contribution >= 4 is 55.6 Å². The lowest BCUT2D eigenvalue weighted by Gasteiger charge is -2.15. The number of anilines is 1. The Morgan fingerprint density at radius 3 is 2.56 bits per heavy atom. The number of hydrogen-bond donors (Lipinski definition) is 1. The second-order valence-corrected chi connectivity index (χ2v) is 11.6. The molecule has 0 spiro atoms. The van der Waals surface area contributed by atoms with Crippen LogP contribution in [0.3, 0.4) is 0 Å². The van der Waals surface area contributed by atoms with E-state index in [9.17, 15) is 13.2 Å². The minimum absolute atomic E-state index is 0.0804. The summed E-state index contributed by atoms with van der Waals surface area (Å²) in [6.07, 6.45) is 4.27. The van der Waals surface area contributed by atoms with Crippen molar-refractivity contribution in [2.45, 2.75) is 34.8 Å². The number of fused-ring (bicyclic) bond motifs is 3. The molecule has 0 saturated heterocycles. The molecule has 2 aromatic heterocycles. The van der Waals surface area contributed by atoms with Gasteiger partial charge in [0.15, 0.2) is 0 Å². The molecule has 0 radical (unpaired) electrons. The first-order valence-corrected chi connectivity index (χ1v) is 13.8. The van der Waals surface area contributed by atoms with Gasteiger partial charge in [0.2, 0.25) is 5.91 Å². The summed E-state index contributed by atoms with van der Waals surface area (Å²) in [6, 6.07) is 18.6. The van der Waals surface area contributed by atoms with Crippen LogP contribution in [-0.4, -0.2) is 24.6 Å². The van der Waals surface area contributed by atoms with E-state index < -0.39 is 10.0 Å². The Labute approximate surface area is 195 Å². The van der Waals surface area contributed by atoms with Crippen molar-refractivity contribution in [2.24, 2.45) is 0 Å². The Bertz CT molecular complexity index is 1370. The Balaban J connectivity index is 1.30. The summed E-state index contributed by atoms with van der Waals surface area (Å²) in [5.74, 6) is 0.405. The first kappa shape index (κ1) is 21.3. The third-order valence-electron chi connectivity index (χ3n) is 5.66. The van der Waals surface area contributed by atoms with Crippen molar-refractivity contribution in [1.29, 1.82) is 0 Å². The number of para-hydroxylation sites is 1. The molecule has 0 saturated carbocycles. The third kappa shape index (κ3) is 4.10. The fourth-order valence-electron chi connectivity index (χ4n) is 4.23. The maximum absolute atomic E-state index is 13.2. The third-order valence-corrected chi connectivity index (χ3v) is 9.43. The number of sulfonamides is 1. The van der Waals surface area contributed by atoms with Gasteiger partial charge in [0.1, 0.15) is 4.21 Å². The molecule has 32 heavy (non-hydrogen) atoms. The minimum Gasteiger partial charge on any atom is -0.283 e. The van der Waals surface area contributed by atoms with E-state index in [2.05, 4.69) is 10.8 Å². The van der Waals surface area contributed by atoms with Crippen LogP contribution in [0.4, 0.5) is 5.69 Å². The van der Waals surface area contributed by atoms with E-state index in [1.165, 1.54) is 46.2 Å². The number of benzene rings is 2. The predicted molar refractivity (Wildman–Crippen MR) is 132 cm³/mol. The average molecular weight is 483 g/mol. The quantitative estimate of drug-likeness (QED) is 0.352. The van der Waals surface area contributed by atoms with Gasteiger partial charge in [-0.2, -0.15) is 0 Å². The first-order chi connectivity index (χ1) is 15.5. The molecule has 1 aliphatic rings. The Morgan fingerprint density at radius 2 is 1.78 bits per heavy atom. The summed E-state index contributed by atoms with van der Waals surface area (Å²) in [5.41, 5.74) is 4.00. The standard InChI is InChI=1S/C24H22N2O3S3/c27-23(26-21-8-3-1-6-19(21)20-7-2-4-9-22(20)26)16-31-18-13-11-17(12-14-18)25-32(28,29)24-10-5-15-30-24/h1,3,5-6,8,10-15,25H,2,4,7,9,16H2. The van der Waals surface area contributed by atoms with Gasteiger partial charge in [0.25, 0.3) is 10.0 Å². The Kier molecular flexibility index (Phi) is 5.84. The van der Waals surface area contributed by atoms with E-state index in [1.54, 1.807) is 29.6 Å². The van der Waals surface area contributed by atoms with Crippen molar-refractivity contribution < 1.29 is 13.2 Å². The predicted octanol–water partition coefficient (Wildman–Crippen LogP) is 5.81. The number of rotatable bonds is 6. The smallest absolute Gasteiger partial charge is 0.271 e. The lowest BCUT2D eigenvalue weighted by molar-refractivity contribution is 0.0943. The van der Waals surface area contributed by atoms with Gasteiger partial charge in [-0.3, -0.25) is 14.1 Å². The molecule has 0 bridgehead atoms. The number of carbonyl (C=O) groups excluding carboxylic acids is 1. The van der Waals surface area contributed by atoms with Gasteiger partial charge in [-0.1, -0.05) is 24.3 Å². The zero-order valence-corrected chi connectivity index (χ0v) is 19.7. The monoisotopic (exact) mass is 482 g/mol. The molecule has 0 fully saturated rings. The van der Waals surface area contributed by atoms with E-state index in [4.69, 9.17) is 0 Å². The lowest BCUT2D eigenvalue weighted by atomic mass is 9.96. The number of nitrogens with one attached hydrogen (secondary N) is 1. The van der Waals surface area contributed by atoms with Crippen LogP contribution in [0.5, 0.6) is 0 Å². The van der Waals surface area contributed by atoms with Gasteiger partial charge >= 0.3 is 0 Å². The number of nitrogens with zero attached hydrogens (tertiary/aromatic N) is 1. The number of hydrogen-bond acceptors (Lipinski definition) is 5. The molecule has 5 rings (SSSR count). The molecule has 8 heteroatoms. The number of thiophene rings is 1. The van der Waals surface area contributed by atoms with E-state index in [1.807, 2.05) is 34.9 Å². The van der Waals surface area contributed by atoms with Crippen LogP contribution < -0.4 is 4.72 Å². The number of thioether (sulfide) groups is 1. The molecular weight excluding hydrogens is 460 g/mol. The zero-order chi connectivity index (χ0) is 22.1. The van der Waals surface area contributed by atoms with Crippen LogP contribution in [0.15, 0.2) is 75.1 Å². The fourth-order valence-corrected chi connectivity index (χ4v) is 7.03. The molecule has 1 aliphatic carbocycles. The highest BCUT2D eigenvalue weighted by atomic mass is 32.2. The van der Waals surface area contributed by atoms with Crippen LogP contribution in [0.25, 0.3) is 10.9 Å². The van der Waals surface area contributed by atoms with Crippen LogP contribution >= 0.6 is 23.1 Å². The Hall–Kier alpha value is -2.55. The van der Waals surface area contributed by atoms with Crippen LogP contribution in [0.2, 0.25) is 0 Å².